The molecule has 1 fully saturated rings. The summed E-state index contributed by atoms with van der Waals surface area (Å²) in [6, 6.07) is 14.1. The van der Waals surface area contributed by atoms with Gasteiger partial charge >= 0.3 is 0 Å². The van der Waals surface area contributed by atoms with Crippen LogP contribution in [0.2, 0.25) is 0 Å². The fourth-order valence-electron chi connectivity index (χ4n) is 4.94. The molecule has 0 aromatic heterocycles. The molecule has 3 aromatic carbocycles. The number of rotatable bonds is 10. The minimum absolute atomic E-state index is 0.0599. The van der Waals surface area contributed by atoms with Crippen LogP contribution in [-0.2, 0) is 0 Å². The average Bonchev–Trinajstić information content (AvgIpc) is 3.35. The minimum Gasteiger partial charge on any atom is -0.493 e. The molecule has 2 aliphatic heterocycles. The third kappa shape index (κ3) is 6.24. The highest BCUT2D eigenvalue weighted by atomic mass is 19.1. The van der Waals surface area contributed by atoms with E-state index in [0.717, 1.165) is 61.1 Å². The summed E-state index contributed by atoms with van der Waals surface area (Å²) < 4.78 is 31.9. The SMILES string of the molecule is Cc1ccc(Oc2cc(OCCCCCOc3cc4c(cc3C)C(=O)N3CCC[C@H]3C=N4)ccc2F)cc1C. The number of hydrogen-bond donors (Lipinski definition) is 0. The first-order chi connectivity index (χ1) is 18.9. The van der Waals surface area contributed by atoms with Gasteiger partial charge in [0.1, 0.15) is 17.2 Å². The molecule has 39 heavy (non-hydrogen) atoms. The van der Waals surface area contributed by atoms with E-state index < -0.39 is 5.82 Å². The molecule has 0 radical (unpaired) electrons. The van der Waals surface area contributed by atoms with E-state index in [1.807, 2.05) is 62.2 Å². The summed E-state index contributed by atoms with van der Waals surface area (Å²) in [6.45, 7) is 7.86. The summed E-state index contributed by atoms with van der Waals surface area (Å²) in [4.78, 5) is 19.5. The van der Waals surface area contributed by atoms with E-state index in [2.05, 4.69) is 4.99 Å². The van der Waals surface area contributed by atoms with Gasteiger partial charge in [0.25, 0.3) is 5.91 Å². The summed E-state index contributed by atoms with van der Waals surface area (Å²) in [6.07, 6.45) is 6.52. The van der Waals surface area contributed by atoms with Crippen LogP contribution in [0.1, 0.15) is 59.2 Å². The van der Waals surface area contributed by atoms with Crippen molar-refractivity contribution in [1.29, 1.82) is 0 Å². The Labute approximate surface area is 229 Å². The van der Waals surface area contributed by atoms with Crippen molar-refractivity contribution in [2.24, 2.45) is 4.99 Å². The van der Waals surface area contributed by atoms with Gasteiger partial charge in [-0.1, -0.05) is 6.07 Å². The highest BCUT2D eigenvalue weighted by Gasteiger charge is 2.32. The predicted octanol–water partition coefficient (Wildman–Crippen LogP) is 7.49. The van der Waals surface area contributed by atoms with Gasteiger partial charge in [0, 0.05) is 24.9 Å². The number of unbranched alkanes of at least 4 members (excludes halogenated alkanes) is 2. The molecule has 1 amide bonds. The van der Waals surface area contributed by atoms with Crippen molar-refractivity contribution in [1.82, 2.24) is 4.90 Å². The van der Waals surface area contributed by atoms with Gasteiger partial charge in [0.05, 0.1) is 30.5 Å². The molecule has 0 N–H and O–H groups in total. The number of benzene rings is 3. The van der Waals surface area contributed by atoms with E-state index in [1.165, 1.54) is 6.07 Å². The van der Waals surface area contributed by atoms with Crippen LogP contribution >= 0.6 is 0 Å². The van der Waals surface area contributed by atoms with E-state index in [0.29, 0.717) is 36.0 Å². The molecule has 3 aromatic rings. The number of fused-ring (bicyclic) bond motifs is 2. The maximum absolute atomic E-state index is 14.3. The molecule has 0 aliphatic carbocycles. The third-order valence-corrected chi connectivity index (χ3v) is 7.39. The number of aryl methyl sites for hydroxylation is 3. The number of carbonyl (C=O) groups is 1. The molecule has 0 spiro atoms. The lowest BCUT2D eigenvalue weighted by Crippen LogP contribution is -2.35. The summed E-state index contributed by atoms with van der Waals surface area (Å²) in [5, 5.41) is 0. The molecule has 0 bridgehead atoms. The first-order valence-corrected chi connectivity index (χ1v) is 13.7. The molecule has 2 heterocycles. The lowest BCUT2D eigenvalue weighted by atomic mass is 10.1. The highest BCUT2D eigenvalue weighted by molar-refractivity contribution is 6.03. The van der Waals surface area contributed by atoms with Gasteiger partial charge in [-0.2, -0.15) is 0 Å². The molecular formula is C32H35FN2O4. The Morgan fingerprint density at radius 1 is 0.872 bits per heavy atom. The molecule has 204 valence electrons. The topological polar surface area (TPSA) is 60.4 Å². The first kappa shape index (κ1) is 26.7. The van der Waals surface area contributed by atoms with Gasteiger partial charge in [-0.05, 0) is 99.9 Å². The molecule has 7 heteroatoms. The Morgan fingerprint density at radius 3 is 2.49 bits per heavy atom. The van der Waals surface area contributed by atoms with Crippen LogP contribution in [0.3, 0.4) is 0 Å². The second kappa shape index (κ2) is 11.9. The standard InChI is InChI=1S/C32H35FN2O4/c1-21-9-10-26(16-22(21)2)39-31-18-25(11-12-28(31)33)37-14-5-4-6-15-38-30-19-29-27(17-23(30)3)32(36)35-13-7-8-24(35)20-34-29/h9-12,16-20,24H,4-8,13-15H2,1-3H3/t24-/m0/s1. The monoisotopic (exact) mass is 530 g/mol. The summed E-state index contributed by atoms with van der Waals surface area (Å²) in [7, 11) is 0. The van der Waals surface area contributed by atoms with Gasteiger partial charge in [0.15, 0.2) is 11.6 Å². The molecule has 5 rings (SSSR count). The van der Waals surface area contributed by atoms with Crippen LogP contribution in [0.25, 0.3) is 0 Å². The first-order valence-electron chi connectivity index (χ1n) is 13.7. The normalized spacial score (nSPS) is 16.1. The van der Waals surface area contributed by atoms with E-state index in [-0.39, 0.29) is 17.7 Å². The van der Waals surface area contributed by atoms with Crippen molar-refractivity contribution in [3.05, 3.63) is 76.6 Å². The van der Waals surface area contributed by atoms with Crippen LogP contribution in [0.4, 0.5) is 10.1 Å². The van der Waals surface area contributed by atoms with Crippen molar-refractivity contribution in [2.45, 2.75) is 58.9 Å². The molecule has 6 nitrogen and oxygen atoms in total. The Balaban J connectivity index is 1.07. The zero-order valence-corrected chi connectivity index (χ0v) is 22.8. The van der Waals surface area contributed by atoms with Gasteiger partial charge in [-0.25, -0.2) is 4.39 Å². The summed E-state index contributed by atoms with van der Waals surface area (Å²) in [5.41, 5.74) is 4.52. The number of ether oxygens (including phenoxy) is 3. The van der Waals surface area contributed by atoms with Gasteiger partial charge in [-0.15, -0.1) is 0 Å². The highest BCUT2D eigenvalue weighted by Crippen LogP contribution is 2.34. The van der Waals surface area contributed by atoms with Crippen LogP contribution < -0.4 is 14.2 Å². The Morgan fingerprint density at radius 2 is 1.67 bits per heavy atom. The van der Waals surface area contributed by atoms with E-state index in [4.69, 9.17) is 14.2 Å². The maximum atomic E-state index is 14.3. The maximum Gasteiger partial charge on any atom is 0.256 e. The Bertz CT molecular complexity index is 1390. The van der Waals surface area contributed by atoms with Crippen molar-refractivity contribution in [3.8, 4) is 23.0 Å². The van der Waals surface area contributed by atoms with Gasteiger partial charge < -0.3 is 19.1 Å². The number of halogens is 1. The zero-order chi connectivity index (χ0) is 27.4. The van der Waals surface area contributed by atoms with E-state index in [9.17, 15) is 9.18 Å². The second-order valence-electron chi connectivity index (χ2n) is 10.3. The van der Waals surface area contributed by atoms with Crippen molar-refractivity contribution in [3.63, 3.8) is 0 Å². The molecular weight excluding hydrogens is 495 g/mol. The number of hydrogen-bond acceptors (Lipinski definition) is 5. The predicted molar refractivity (Wildman–Crippen MR) is 151 cm³/mol. The molecule has 2 aliphatic rings. The number of nitrogens with zero attached hydrogens (tertiary/aromatic N) is 2. The Hall–Kier alpha value is -3.87. The van der Waals surface area contributed by atoms with Crippen LogP contribution in [-0.4, -0.2) is 42.8 Å². The molecule has 0 saturated carbocycles. The zero-order valence-electron chi connectivity index (χ0n) is 22.8. The quantitative estimate of drug-likeness (QED) is 0.255. The lowest BCUT2D eigenvalue weighted by molar-refractivity contribution is 0.0774. The fourth-order valence-corrected chi connectivity index (χ4v) is 4.94. The third-order valence-electron chi connectivity index (χ3n) is 7.39. The molecule has 1 saturated heterocycles. The lowest BCUT2D eigenvalue weighted by Gasteiger charge is -2.20. The van der Waals surface area contributed by atoms with Crippen molar-refractivity contribution >= 4 is 17.8 Å². The molecule has 1 atom stereocenters. The van der Waals surface area contributed by atoms with Crippen molar-refractivity contribution < 1.29 is 23.4 Å². The number of carbonyl (C=O) groups excluding carboxylic acids is 1. The van der Waals surface area contributed by atoms with Crippen LogP contribution in [0.15, 0.2) is 53.5 Å². The largest absolute Gasteiger partial charge is 0.493 e. The number of aliphatic imine (C=N–C) groups is 1. The van der Waals surface area contributed by atoms with Gasteiger partial charge in [0.2, 0.25) is 0 Å². The van der Waals surface area contributed by atoms with E-state index >= 15 is 0 Å². The fraction of sp³-hybridized carbons (Fsp3) is 0.375. The molecule has 0 unspecified atom stereocenters. The van der Waals surface area contributed by atoms with Crippen LogP contribution in [0, 0.1) is 26.6 Å². The van der Waals surface area contributed by atoms with Crippen LogP contribution in [0.5, 0.6) is 23.0 Å². The minimum atomic E-state index is -0.429. The number of amides is 1. The summed E-state index contributed by atoms with van der Waals surface area (Å²) >= 11 is 0. The van der Waals surface area contributed by atoms with Gasteiger partial charge in [-0.3, -0.25) is 9.79 Å². The summed E-state index contributed by atoms with van der Waals surface area (Å²) in [5.74, 6) is 1.71. The smallest absolute Gasteiger partial charge is 0.256 e. The average molecular weight is 531 g/mol. The van der Waals surface area contributed by atoms with Crippen molar-refractivity contribution in [2.75, 3.05) is 19.8 Å². The van der Waals surface area contributed by atoms with E-state index in [1.54, 1.807) is 12.1 Å². The second-order valence-corrected chi connectivity index (χ2v) is 10.3. The Kier molecular flexibility index (Phi) is 8.15.